The van der Waals surface area contributed by atoms with Crippen LogP contribution < -0.4 is 5.32 Å². The molecule has 0 bridgehead atoms. The SMILES string of the molecule is CCCC/C=C/CC/C=C/CC/C=C/C(O)C(COC1OC(CO)C(OC2OC(CO)C(OC3OC(CO)C(O)C(O)C3O)C(O)C2O)C(O)C1O)NC(=O)CCCCCCCCCCCCCCCCCC/C=C\C/C=C\C/C=C\CCCCCCC. The minimum atomic E-state index is -1.98. The van der Waals surface area contributed by atoms with Crippen molar-refractivity contribution in [1.29, 1.82) is 0 Å². The standard InChI is InChI=1S/C69H121NO18/c1-3-5-7-9-11-13-15-17-18-19-20-21-22-23-24-25-26-27-28-29-30-31-32-33-34-35-37-39-41-43-45-47-57(75)70-52(53(74)46-44-42-40-38-36-16-14-12-10-8-6-4-2)51-83-67-63(81)60(78)65(55(49-72)85-67)88-69-64(82)61(79)66(56(50-73)86-69)87-68-62(80)59(77)58(76)54(48-71)84-68/h10,12,15,17,19-20,22-23,36,38,44,46,52-56,58-69,71-74,76-82H,3-9,11,13-14,16,18,21,24-35,37,39-43,45,47-51H2,1-2H3,(H,70,75)/b12-10+,17-15-,20-19-,23-22-,38-36+,46-44+. The zero-order valence-corrected chi connectivity index (χ0v) is 53.7. The van der Waals surface area contributed by atoms with Gasteiger partial charge in [0.2, 0.25) is 5.91 Å². The quantitative estimate of drug-likeness (QED) is 0.0200. The Morgan fingerprint density at radius 3 is 1.25 bits per heavy atom. The van der Waals surface area contributed by atoms with E-state index in [1.165, 1.54) is 135 Å². The molecule has 510 valence electrons. The summed E-state index contributed by atoms with van der Waals surface area (Å²) in [7, 11) is 0. The lowest BCUT2D eigenvalue weighted by atomic mass is 9.96. The van der Waals surface area contributed by atoms with Crippen LogP contribution in [0.1, 0.15) is 226 Å². The maximum Gasteiger partial charge on any atom is 0.220 e. The Balaban J connectivity index is 1.38. The van der Waals surface area contributed by atoms with E-state index in [0.29, 0.717) is 12.8 Å². The highest BCUT2D eigenvalue weighted by molar-refractivity contribution is 5.76. The van der Waals surface area contributed by atoms with Gasteiger partial charge >= 0.3 is 0 Å². The molecule has 88 heavy (non-hydrogen) atoms. The van der Waals surface area contributed by atoms with E-state index in [1.54, 1.807) is 6.08 Å². The third-order valence-electron chi connectivity index (χ3n) is 16.7. The number of carbonyl (C=O) groups is 1. The van der Waals surface area contributed by atoms with Crippen molar-refractivity contribution < 1.29 is 89.4 Å². The Morgan fingerprint density at radius 1 is 0.409 bits per heavy atom. The number of ether oxygens (including phenoxy) is 6. The van der Waals surface area contributed by atoms with Crippen molar-refractivity contribution in [3.8, 4) is 0 Å². The first kappa shape index (κ1) is 79.5. The molecular weight excluding hydrogens is 1130 g/mol. The third-order valence-corrected chi connectivity index (χ3v) is 16.7. The smallest absolute Gasteiger partial charge is 0.220 e. The predicted molar refractivity (Wildman–Crippen MR) is 341 cm³/mol. The van der Waals surface area contributed by atoms with Crippen LogP contribution in [0.5, 0.6) is 0 Å². The second-order valence-electron chi connectivity index (χ2n) is 24.3. The molecule has 17 atom stereocenters. The van der Waals surface area contributed by atoms with Gasteiger partial charge in [0.05, 0.1) is 38.6 Å². The van der Waals surface area contributed by atoms with E-state index in [-0.39, 0.29) is 18.9 Å². The van der Waals surface area contributed by atoms with Gasteiger partial charge in [0.25, 0.3) is 0 Å². The Bertz CT molecular complexity index is 1880. The maximum atomic E-state index is 13.4. The number of hydrogen-bond acceptors (Lipinski definition) is 18. The molecule has 3 saturated heterocycles. The third kappa shape index (κ3) is 32.7. The summed E-state index contributed by atoms with van der Waals surface area (Å²) >= 11 is 0. The number of hydrogen-bond donors (Lipinski definition) is 12. The number of nitrogens with one attached hydrogen (secondary N) is 1. The van der Waals surface area contributed by atoms with E-state index in [2.05, 4.69) is 79.9 Å². The predicted octanol–water partition coefficient (Wildman–Crippen LogP) is 8.55. The molecule has 12 N–H and O–H groups in total. The zero-order valence-electron chi connectivity index (χ0n) is 53.7. The first-order valence-electron chi connectivity index (χ1n) is 34.2. The summed E-state index contributed by atoms with van der Waals surface area (Å²) in [5.74, 6) is -0.292. The van der Waals surface area contributed by atoms with Gasteiger partial charge in [-0.3, -0.25) is 4.79 Å². The van der Waals surface area contributed by atoms with Gasteiger partial charge in [0.1, 0.15) is 73.2 Å². The van der Waals surface area contributed by atoms with Crippen molar-refractivity contribution in [2.24, 2.45) is 0 Å². The van der Waals surface area contributed by atoms with E-state index < -0.39 is 124 Å². The molecule has 0 radical (unpaired) electrons. The summed E-state index contributed by atoms with van der Waals surface area (Å²) in [5.41, 5.74) is 0. The van der Waals surface area contributed by atoms with Crippen molar-refractivity contribution >= 4 is 5.91 Å². The molecule has 0 aromatic carbocycles. The van der Waals surface area contributed by atoms with E-state index in [1.807, 2.05) is 6.08 Å². The Labute approximate surface area is 528 Å². The highest BCUT2D eigenvalue weighted by Crippen LogP contribution is 2.33. The fraction of sp³-hybridized carbons (Fsp3) is 0.812. The van der Waals surface area contributed by atoms with Crippen molar-refractivity contribution in [3.63, 3.8) is 0 Å². The Hall–Kier alpha value is -2.77. The van der Waals surface area contributed by atoms with Gasteiger partial charge in [0, 0.05) is 6.42 Å². The van der Waals surface area contributed by atoms with E-state index in [0.717, 1.165) is 57.8 Å². The van der Waals surface area contributed by atoms with E-state index in [4.69, 9.17) is 28.4 Å². The van der Waals surface area contributed by atoms with Gasteiger partial charge < -0.3 is 89.9 Å². The molecule has 0 aromatic rings. The number of rotatable bonds is 51. The number of allylic oxidation sites excluding steroid dienone is 11. The average Bonchev–Trinajstić information content (AvgIpc) is 1.20. The molecule has 3 heterocycles. The second kappa shape index (κ2) is 50.7. The highest BCUT2D eigenvalue weighted by Gasteiger charge is 2.53. The monoisotopic (exact) mass is 1250 g/mol. The Morgan fingerprint density at radius 2 is 0.773 bits per heavy atom. The fourth-order valence-electron chi connectivity index (χ4n) is 11.1. The molecule has 19 nitrogen and oxygen atoms in total. The number of amides is 1. The molecule has 3 aliphatic heterocycles. The van der Waals surface area contributed by atoms with Crippen molar-refractivity contribution in [3.05, 3.63) is 72.9 Å². The van der Waals surface area contributed by atoms with Crippen LogP contribution in [0.25, 0.3) is 0 Å². The molecule has 0 saturated carbocycles. The number of carbonyl (C=O) groups excluding carboxylic acids is 1. The van der Waals surface area contributed by atoms with E-state index in [9.17, 15) is 61.0 Å². The first-order chi connectivity index (χ1) is 42.8. The summed E-state index contributed by atoms with van der Waals surface area (Å²) < 4.78 is 34.2. The van der Waals surface area contributed by atoms with Crippen molar-refractivity contribution in [1.82, 2.24) is 5.32 Å². The molecule has 17 unspecified atom stereocenters. The molecule has 1 amide bonds. The minimum absolute atomic E-state index is 0.229. The molecule has 3 aliphatic rings. The van der Waals surface area contributed by atoms with Crippen LogP contribution in [-0.2, 0) is 33.2 Å². The molecule has 19 heteroatoms. The summed E-state index contributed by atoms with van der Waals surface area (Å²) in [5, 5.41) is 120. The average molecular weight is 1250 g/mol. The minimum Gasteiger partial charge on any atom is -0.394 e. The van der Waals surface area contributed by atoms with Crippen LogP contribution >= 0.6 is 0 Å². The zero-order chi connectivity index (χ0) is 64.0. The van der Waals surface area contributed by atoms with Crippen LogP contribution in [0, 0.1) is 0 Å². The lowest BCUT2D eigenvalue weighted by Gasteiger charge is -2.48. The Kier molecular flexibility index (Phi) is 45.8. The van der Waals surface area contributed by atoms with Gasteiger partial charge in [-0.1, -0.05) is 215 Å². The highest BCUT2D eigenvalue weighted by atomic mass is 16.8. The second-order valence-corrected chi connectivity index (χ2v) is 24.3. The summed E-state index contributed by atoms with van der Waals surface area (Å²) in [6.07, 6.45) is 36.2. The van der Waals surface area contributed by atoms with Crippen molar-refractivity contribution in [2.75, 3.05) is 26.4 Å². The van der Waals surface area contributed by atoms with Crippen molar-refractivity contribution in [2.45, 2.75) is 330 Å². The number of aliphatic hydroxyl groups is 11. The molecule has 0 aromatic heterocycles. The van der Waals surface area contributed by atoms with Gasteiger partial charge in [0.15, 0.2) is 18.9 Å². The largest absolute Gasteiger partial charge is 0.394 e. The fourth-order valence-corrected chi connectivity index (χ4v) is 11.1. The number of unbranched alkanes of at least 4 members (excludes halogenated alkanes) is 25. The van der Waals surface area contributed by atoms with Crippen LogP contribution in [0.15, 0.2) is 72.9 Å². The molecular formula is C69H121NO18. The van der Waals surface area contributed by atoms with Gasteiger partial charge in [-0.2, -0.15) is 0 Å². The summed E-state index contributed by atoms with van der Waals surface area (Å²) in [6.45, 7) is 1.63. The van der Waals surface area contributed by atoms with Crippen LogP contribution in [0.4, 0.5) is 0 Å². The van der Waals surface area contributed by atoms with Gasteiger partial charge in [-0.25, -0.2) is 0 Å². The lowest BCUT2D eigenvalue weighted by molar-refractivity contribution is -0.379. The first-order valence-corrected chi connectivity index (χ1v) is 34.2. The van der Waals surface area contributed by atoms with Gasteiger partial charge in [-0.05, 0) is 77.0 Å². The lowest BCUT2D eigenvalue weighted by Crippen LogP contribution is -2.66. The maximum absolute atomic E-state index is 13.4. The molecule has 3 fully saturated rings. The molecule has 0 spiro atoms. The normalized spacial score (nSPS) is 28.9. The van der Waals surface area contributed by atoms with Crippen LogP contribution in [-0.4, -0.2) is 193 Å². The molecule has 3 rings (SSSR count). The summed E-state index contributed by atoms with van der Waals surface area (Å²) in [6, 6.07) is -0.998. The van der Waals surface area contributed by atoms with Gasteiger partial charge in [-0.15, -0.1) is 0 Å². The summed E-state index contributed by atoms with van der Waals surface area (Å²) in [4.78, 5) is 13.4. The topological polar surface area (TPSA) is 307 Å². The van der Waals surface area contributed by atoms with E-state index >= 15 is 0 Å². The molecule has 0 aliphatic carbocycles. The number of aliphatic hydroxyl groups excluding tert-OH is 11. The van der Waals surface area contributed by atoms with Crippen LogP contribution in [0.2, 0.25) is 0 Å². The van der Waals surface area contributed by atoms with Crippen LogP contribution in [0.3, 0.4) is 0 Å².